The smallest absolute Gasteiger partial charge is 0.125 e. The van der Waals surface area contributed by atoms with E-state index in [4.69, 9.17) is 9.47 Å². The number of aliphatic hydroxyl groups is 1. The van der Waals surface area contributed by atoms with Gasteiger partial charge in [-0.3, -0.25) is 0 Å². The van der Waals surface area contributed by atoms with Gasteiger partial charge in [0.15, 0.2) is 0 Å². The third kappa shape index (κ3) is 1.76. The molecule has 1 aliphatic rings. The first-order valence-corrected chi connectivity index (χ1v) is 5.54. The Labute approximate surface area is 96.0 Å². The minimum atomic E-state index is -0.737. The largest absolute Gasteiger partial charge is 0.497 e. The molecule has 1 fully saturated rings. The maximum atomic E-state index is 10.4. The molecule has 0 spiro atoms. The fourth-order valence-electron chi connectivity index (χ4n) is 2.49. The summed E-state index contributed by atoms with van der Waals surface area (Å²) < 4.78 is 10.5. The SMILES string of the molecule is COc1ccc(OC)c(C2(O)CC(C)C2)c1. The van der Waals surface area contributed by atoms with E-state index in [9.17, 15) is 5.11 Å². The highest BCUT2D eigenvalue weighted by molar-refractivity contribution is 5.44. The molecule has 3 heteroatoms. The van der Waals surface area contributed by atoms with Crippen molar-refractivity contribution in [2.24, 2.45) is 5.92 Å². The van der Waals surface area contributed by atoms with Crippen LogP contribution >= 0.6 is 0 Å². The first-order chi connectivity index (χ1) is 7.59. The molecule has 16 heavy (non-hydrogen) atoms. The van der Waals surface area contributed by atoms with E-state index < -0.39 is 5.60 Å². The van der Waals surface area contributed by atoms with Crippen molar-refractivity contribution in [3.05, 3.63) is 23.8 Å². The van der Waals surface area contributed by atoms with Crippen LogP contribution in [0.3, 0.4) is 0 Å². The Hall–Kier alpha value is -1.22. The summed E-state index contributed by atoms with van der Waals surface area (Å²) in [5.74, 6) is 2.06. The Morgan fingerprint density at radius 1 is 1.25 bits per heavy atom. The molecule has 1 aliphatic carbocycles. The highest BCUT2D eigenvalue weighted by atomic mass is 16.5. The van der Waals surface area contributed by atoms with E-state index in [-0.39, 0.29) is 0 Å². The lowest BCUT2D eigenvalue weighted by Gasteiger charge is -2.43. The van der Waals surface area contributed by atoms with Gasteiger partial charge < -0.3 is 14.6 Å². The average molecular weight is 222 g/mol. The first kappa shape index (κ1) is 11.3. The van der Waals surface area contributed by atoms with Crippen LogP contribution in [0.25, 0.3) is 0 Å². The van der Waals surface area contributed by atoms with Crippen molar-refractivity contribution in [2.75, 3.05) is 14.2 Å². The second-order valence-corrected chi connectivity index (χ2v) is 4.61. The Morgan fingerprint density at radius 3 is 2.44 bits per heavy atom. The lowest BCUT2D eigenvalue weighted by atomic mass is 9.68. The monoisotopic (exact) mass is 222 g/mol. The minimum Gasteiger partial charge on any atom is -0.497 e. The molecule has 3 nitrogen and oxygen atoms in total. The van der Waals surface area contributed by atoms with Crippen LogP contribution in [0.15, 0.2) is 18.2 Å². The summed E-state index contributed by atoms with van der Waals surface area (Å²) in [4.78, 5) is 0. The van der Waals surface area contributed by atoms with Gasteiger partial charge in [-0.25, -0.2) is 0 Å². The number of hydrogen-bond acceptors (Lipinski definition) is 3. The zero-order chi connectivity index (χ0) is 11.8. The summed E-state index contributed by atoms with van der Waals surface area (Å²) >= 11 is 0. The molecule has 0 amide bonds. The molecule has 2 rings (SSSR count). The van der Waals surface area contributed by atoms with Crippen molar-refractivity contribution in [1.29, 1.82) is 0 Å². The van der Waals surface area contributed by atoms with Gasteiger partial charge in [0.2, 0.25) is 0 Å². The van der Waals surface area contributed by atoms with E-state index in [1.807, 2.05) is 18.2 Å². The quantitative estimate of drug-likeness (QED) is 0.853. The van der Waals surface area contributed by atoms with Crippen molar-refractivity contribution in [2.45, 2.75) is 25.4 Å². The van der Waals surface area contributed by atoms with Gasteiger partial charge in [-0.15, -0.1) is 0 Å². The number of hydrogen-bond donors (Lipinski definition) is 1. The van der Waals surface area contributed by atoms with Gasteiger partial charge in [-0.05, 0) is 37.0 Å². The molecule has 0 saturated heterocycles. The van der Waals surface area contributed by atoms with Crippen LogP contribution in [0, 0.1) is 5.92 Å². The molecule has 0 heterocycles. The summed E-state index contributed by atoms with van der Waals surface area (Å²) in [7, 11) is 3.25. The van der Waals surface area contributed by atoms with Gasteiger partial charge in [-0.2, -0.15) is 0 Å². The second kappa shape index (κ2) is 3.98. The molecule has 88 valence electrons. The van der Waals surface area contributed by atoms with Crippen LogP contribution < -0.4 is 9.47 Å². The van der Waals surface area contributed by atoms with E-state index in [0.717, 1.165) is 29.9 Å². The number of rotatable bonds is 3. The molecule has 0 aromatic heterocycles. The molecule has 0 bridgehead atoms. The predicted octanol–water partition coefficient (Wildman–Crippen LogP) is 2.32. The summed E-state index contributed by atoms with van der Waals surface area (Å²) in [5, 5.41) is 10.4. The highest BCUT2D eigenvalue weighted by Crippen LogP contribution is 2.48. The summed E-state index contributed by atoms with van der Waals surface area (Å²) in [5.41, 5.74) is 0.103. The van der Waals surface area contributed by atoms with Crippen LogP contribution in [-0.4, -0.2) is 19.3 Å². The van der Waals surface area contributed by atoms with Gasteiger partial charge in [0, 0.05) is 5.56 Å². The Balaban J connectivity index is 2.37. The van der Waals surface area contributed by atoms with Crippen LogP contribution in [-0.2, 0) is 5.60 Å². The van der Waals surface area contributed by atoms with Gasteiger partial charge in [0.05, 0.1) is 19.8 Å². The van der Waals surface area contributed by atoms with Gasteiger partial charge >= 0.3 is 0 Å². The molecule has 0 unspecified atom stereocenters. The van der Waals surface area contributed by atoms with Crippen molar-refractivity contribution < 1.29 is 14.6 Å². The van der Waals surface area contributed by atoms with E-state index in [0.29, 0.717) is 5.92 Å². The normalized spacial score (nSPS) is 28.4. The van der Waals surface area contributed by atoms with E-state index >= 15 is 0 Å². The zero-order valence-corrected chi connectivity index (χ0v) is 9.99. The van der Waals surface area contributed by atoms with E-state index in [1.165, 1.54) is 0 Å². The lowest BCUT2D eigenvalue weighted by molar-refractivity contribution is -0.0753. The summed E-state index contributed by atoms with van der Waals surface area (Å²) in [6.07, 6.45) is 1.58. The third-order valence-corrected chi connectivity index (χ3v) is 3.28. The Kier molecular flexibility index (Phi) is 2.80. The van der Waals surface area contributed by atoms with Crippen LogP contribution in [0.4, 0.5) is 0 Å². The molecule has 1 N–H and O–H groups in total. The van der Waals surface area contributed by atoms with Gasteiger partial charge in [0.25, 0.3) is 0 Å². The number of methoxy groups -OCH3 is 2. The summed E-state index contributed by atoms with van der Waals surface area (Å²) in [6, 6.07) is 5.55. The van der Waals surface area contributed by atoms with Gasteiger partial charge in [-0.1, -0.05) is 6.92 Å². The molecular weight excluding hydrogens is 204 g/mol. The molecular formula is C13H18O3. The van der Waals surface area contributed by atoms with Crippen molar-refractivity contribution in [3.8, 4) is 11.5 Å². The summed E-state index contributed by atoms with van der Waals surface area (Å²) in [6.45, 7) is 2.14. The van der Waals surface area contributed by atoms with Crippen LogP contribution in [0.5, 0.6) is 11.5 Å². The molecule has 1 aromatic carbocycles. The van der Waals surface area contributed by atoms with Crippen molar-refractivity contribution in [3.63, 3.8) is 0 Å². The molecule has 1 saturated carbocycles. The second-order valence-electron chi connectivity index (χ2n) is 4.61. The van der Waals surface area contributed by atoms with Crippen molar-refractivity contribution in [1.82, 2.24) is 0 Å². The van der Waals surface area contributed by atoms with Crippen molar-refractivity contribution >= 4 is 0 Å². The number of ether oxygens (including phenoxy) is 2. The maximum absolute atomic E-state index is 10.4. The average Bonchev–Trinajstić information content (AvgIpc) is 2.26. The molecule has 0 radical (unpaired) electrons. The minimum absolute atomic E-state index is 0.570. The Morgan fingerprint density at radius 2 is 1.94 bits per heavy atom. The molecule has 0 atom stereocenters. The fraction of sp³-hybridized carbons (Fsp3) is 0.538. The highest BCUT2D eigenvalue weighted by Gasteiger charge is 2.43. The predicted molar refractivity (Wildman–Crippen MR) is 61.8 cm³/mol. The van der Waals surface area contributed by atoms with Crippen LogP contribution in [0.2, 0.25) is 0 Å². The van der Waals surface area contributed by atoms with Crippen LogP contribution in [0.1, 0.15) is 25.3 Å². The van der Waals surface area contributed by atoms with E-state index in [2.05, 4.69) is 6.92 Å². The standard InChI is InChI=1S/C13H18O3/c1-9-7-13(14,8-9)11-6-10(15-2)4-5-12(11)16-3/h4-6,9,14H,7-8H2,1-3H3. The van der Waals surface area contributed by atoms with Gasteiger partial charge in [0.1, 0.15) is 11.5 Å². The maximum Gasteiger partial charge on any atom is 0.125 e. The third-order valence-electron chi connectivity index (χ3n) is 3.28. The first-order valence-electron chi connectivity index (χ1n) is 5.54. The fourth-order valence-corrected chi connectivity index (χ4v) is 2.49. The molecule has 0 aliphatic heterocycles. The lowest BCUT2D eigenvalue weighted by Crippen LogP contribution is -2.40. The number of benzene rings is 1. The molecule has 1 aromatic rings. The zero-order valence-electron chi connectivity index (χ0n) is 9.99. The van der Waals surface area contributed by atoms with E-state index in [1.54, 1.807) is 14.2 Å². The Bertz CT molecular complexity index is 381. The topological polar surface area (TPSA) is 38.7 Å².